The molecule has 1 aromatic heterocycles. The molecule has 2 atom stereocenters. The Morgan fingerprint density at radius 1 is 1.42 bits per heavy atom. The summed E-state index contributed by atoms with van der Waals surface area (Å²) in [7, 11) is 0. The Morgan fingerprint density at radius 2 is 2.21 bits per heavy atom. The van der Waals surface area contributed by atoms with E-state index in [4.69, 9.17) is 10.3 Å². The number of nitrogens with two attached hydrogens (primary N) is 1. The molecular formula is C15H21BrN2O. The average molecular weight is 325 g/mol. The molecule has 2 aromatic rings. The summed E-state index contributed by atoms with van der Waals surface area (Å²) >= 11 is 3.51. The molecule has 3 N–H and O–H groups in total. The van der Waals surface area contributed by atoms with E-state index in [0.29, 0.717) is 5.92 Å². The Hall–Kier alpha value is -0.840. The van der Waals surface area contributed by atoms with Crippen molar-refractivity contribution in [3.8, 4) is 0 Å². The van der Waals surface area contributed by atoms with E-state index >= 15 is 0 Å². The van der Waals surface area contributed by atoms with Crippen LogP contribution in [0, 0.1) is 5.92 Å². The van der Waals surface area contributed by atoms with Gasteiger partial charge in [-0.25, -0.2) is 5.43 Å². The molecular weight excluding hydrogens is 304 g/mol. The van der Waals surface area contributed by atoms with E-state index < -0.39 is 0 Å². The fourth-order valence-electron chi connectivity index (χ4n) is 2.50. The normalized spacial score (nSPS) is 14.7. The zero-order chi connectivity index (χ0) is 13.8. The van der Waals surface area contributed by atoms with E-state index in [2.05, 4.69) is 47.3 Å². The SMILES string of the molecule is CCCC(C)CC(NN)c1cc2cccc(Br)c2o1. The van der Waals surface area contributed by atoms with Crippen molar-refractivity contribution < 1.29 is 4.42 Å². The van der Waals surface area contributed by atoms with Gasteiger partial charge in [-0.1, -0.05) is 38.8 Å². The Balaban J connectivity index is 2.23. The van der Waals surface area contributed by atoms with Crippen LogP contribution in [0.1, 0.15) is 44.9 Å². The van der Waals surface area contributed by atoms with Crippen molar-refractivity contribution in [3.05, 3.63) is 34.5 Å². The third-order valence-corrected chi connectivity index (χ3v) is 4.10. The highest BCUT2D eigenvalue weighted by molar-refractivity contribution is 9.10. The van der Waals surface area contributed by atoms with Crippen LogP contribution in [0.5, 0.6) is 0 Å². The quantitative estimate of drug-likeness (QED) is 0.606. The Morgan fingerprint density at radius 3 is 2.84 bits per heavy atom. The molecule has 2 unspecified atom stereocenters. The number of halogens is 1. The van der Waals surface area contributed by atoms with Crippen LogP contribution in [0.25, 0.3) is 11.0 Å². The molecule has 2 rings (SSSR count). The van der Waals surface area contributed by atoms with Gasteiger partial charge < -0.3 is 4.42 Å². The van der Waals surface area contributed by atoms with Crippen molar-refractivity contribution in [2.45, 2.75) is 39.2 Å². The lowest BCUT2D eigenvalue weighted by Crippen LogP contribution is -2.29. The summed E-state index contributed by atoms with van der Waals surface area (Å²) in [6, 6.07) is 8.19. The first-order valence-corrected chi connectivity index (χ1v) is 7.59. The van der Waals surface area contributed by atoms with Gasteiger partial charge in [0.1, 0.15) is 11.3 Å². The summed E-state index contributed by atoms with van der Waals surface area (Å²) in [4.78, 5) is 0. The van der Waals surface area contributed by atoms with Crippen molar-refractivity contribution >= 4 is 26.9 Å². The summed E-state index contributed by atoms with van der Waals surface area (Å²) in [5.41, 5.74) is 3.77. The molecule has 0 aliphatic rings. The summed E-state index contributed by atoms with van der Waals surface area (Å²) in [5, 5.41) is 1.10. The van der Waals surface area contributed by atoms with Crippen LogP contribution >= 0.6 is 15.9 Å². The minimum absolute atomic E-state index is 0.0702. The standard InChI is InChI=1S/C15H21BrN2O/c1-3-5-10(2)8-13(18-17)14-9-11-6-4-7-12(16)15(11)19-14/h4,6-7,9-10,13,18H,3,5,8,17H2,1-2H3. The third kappa shape index (κ3) is 3.38. The summed E-state index contributed by atoms with van der Waals surface area (Å²) in [6.07, 6.45) is 3.40. The number of hydrogen-bond donors (Lipinski definition) is 2. The van der Waals surface area contributed by atoms with Crippen LogP contribution in [0.2, 0.25) is 0 Å². The Bertz CT molecular complexity index is 538. The van der Waals surface area contributed by atoms with Crippen LogP contribution in [0.4, 0.5) is 0 Å². The van der Waals surface area contributed by atoms with Gasteiger partial charge in [-0.15, -0.1) is 0 Å². The van der Waals surface area contributed by atoms with Gasteiger partial charge in [0.05, 0.1) is 10.5 Å². The van der Waals surface area contributed by atoms with E-state index in [9.17, 15) is 0 Å². The molecule has 0 aliphatic carbocycles. The maximum atomic E-state index is 5.94. The fourth-order valence-corrected chi connectivity index (χ4v) is 2.96. The van der Waals surface area contributed by atoms with Gasteiger partial charge in [0.15, 0.2) is 0 Å². The monoisotopic (exact) mass is 324 g/mol. The van der Waals surface area contributed by atoms with E-state index in [0.717, 1.165) is 27.6 Å². The lowest BCUT2D eigenvalue weighted by atomic mass is 9.96. The van der Waals surface area contributed by atoms with Gasteiger partial charge in [-0.2, -0.15) is 0 Å². The minimum Gasteiger partial charge on any atom is -0.458 e. The maximum Gasteiger partial charge on any atom is 0.148 e. The molecule has 0 spiro atoms. The molecule has 0 saturated heterocycles. The zero-order valence-electron chi connectivity index (χ0n) is 11.4. The molecule has 0 saturated carbocycles. The van der Waals surface area contributed by atoms with Crippen LogP contribution in [-0.4, -0.2) is 0 Å². The minimum atomic E-state index is 0.0702. The Kier molecular flexibility index (Phi) is 5.02. The molecule has 3 nitrogen and oxygen atoms in total. The smallest absolute Gasteiger partial charge is 0.148 e. The van der Waals surface area contributed by atoms with Gasteiger partial charge in [-0.05, 0) is 40.4 Å². The summed E-state index contributed by atoms with van der Waals surface area (Å²) in [6.45, 7) is 4.46. The van der Waals surface area contributed by atoms with Crippen molar-refractivity contribution in [2.75, 3.05) is 0 Å². The highest BCUT2D eigenvalue weighted by atomic mass is 79.9. The molecule has 0 fully saturated rings. The van der Waals surface area contributed by atoms with Crippen molar-refractivity contribution in [2.24, 2.45) is 11.8 Å². The second kappa shape index (κ2) is 6.55. The highest BCUT2D eigenvalue weighted by Crippen LogP contribution is 2.32. The van der Waals surface area contributed by atoms with Crippen molar-refractivity contribution in [1.29, 1.82) is 0 Å². The number of rotatable bonds is 6. The fraction of sp³-hybridized carbons (Fsp3) is 0.467. The summed E-state index contributed by atoms with van der Waals surface area (Å²) < 4.78 is 6.92. The summed E-state index contributed by atoms with van der Waals surface area (Å²) in [5.74, 6) is 7.22. The molecule has 1 heterocycles. The molecule has 0 radical (unpaired) electrons. The molecule has 0 amide bonds. The molecule has 0 bridgehead atoms. The largest absolute Gasteiger partial charge is 0.458 e. The Labute approximate surface area is 122 Å². The second-order valence-electron chi connectivity index (χ2n) is 5.16. The van der Waals surface area contributed by atoms with Crippen LogP contribution in [0.15, 0.2) is 33.2 Å². The van der Waals surface area contributed by atoms with Gasteiger partial charge in [0, 0.05) is 5.39 Å². The van der Waals surface area contributed by atoms with Crippen molar-refractivity contribution in [3.63, 3.8) is 0 Å². The van der Waals surface area contributed by atoms with E-state index in [1.165, 1.54) is 12.8 Å². The number of para-hydroxylation sites is 1. The average Bonchev–Trinajstić information content (AvgIpc) is 2.81. The van der Waals surface area contributed by atoms with E-state index in [1.54, 1.807) is 0 Å². The van der Waals surface area contributed by atoms with Crippen LogP contribution in [0.3, 0.4) is 0 Å². The lowest BCUT2D eigenvalue weighted by molar-refractivity contribution is 0.351. The number of fused-ring (bicyclic) bond motifs is 1. The van der Waals surface area contributed by atoms with E-state index in [1.807, 2.05) is 12.1 Å². The lowest BCUT2D eigenvalue weighted by Gasteiger charge is -2.17. The number of benzene rings is 1. The molecule has 104 valence electrons. The predicted molar refractivity (Wildman–Crippen MR) is 82.7 cm³/mol. The first-order valence-electron chi connectivity index (χ1n) is 6.79. The van der Waals surface area contributed by atoms with Gasteiger partial charge in [0.25, 0.3) is 0 Å². The highest BCUT2D eigenvalue weighted by Gasteiger charge is 2.18. The number of furan rings is 1. The number of hydrogen-bond acceptors (Lipinski definition) is 3. The van der Waals surface area contributed by atoms with E-state index in [-0.39, 0.29) is 6.04 Å². The van der Waals surface area contributed by atoms with Crippen molar-refractivity contribution in [1.82, 2.24) is 5.43 Å². The second-order valence-corrected chi connectivity index (χ2v) is 6.01. The van der Waals surface area contributed by atoms with Gasteiger partial charge in [0.2, 0.25) is 0 Å². The van der Waals surface area contributed by atoms with Gasteiger partial charge >= 0.3 is 0 Å². The third-order valence-electron chi connectivity index (χ3n) is 3.48. The topological polar surface area (TPSA) is 51.2 Å². The maximum absolute atomic E-state index is 5.94. The number of hydrazine groups is 1. The number of nitrogens with one attached hydrogen (secondary N) is 1. The molecule has 19 heavy (non-hydrogen) atoms. The molecule has 1 aromatic carbocycles. The zero-order valence-corrected chi connectivity index (χ0v) is 13.0. The predicted octanol–water partition coefficient (Wildman–Crippen LogP) is 4.53. The van der Waals surface area contributed by atoms with Gasteiger partial charge in [-0.3, -0.25) is 5.84 Å². The molecule has 0 aliphatic heterocycles. The van der Waals surface area contributed by atoms with Crippen LogP contribution < -0.4 is 11.3 Å². The molecule has 4 heteroatoms. The first-order chi connectivity index (χ1) is 9.15. The first kappa shape index (κ1) is 14.6. The van der Waals surface area contributed by atoms with Crippen LogP contribution in [-0.2, 0) is 0 Å².